The maximum atomic E-state index is 12.0. The van der Waals surface area contributed by atoms with Gasteiger partial charge in [0.15, 0.2) is 12.4 Å². The molecule has 2 aromatic carbocycles. The Bertz CT molecular complexity index is 877. The second kappa shape index (κ2) is 5.96. The third-order valence-electron chi connectivity index (χ3n) is 3.51. The van der Waals surface area contributed by atoms with Crippen LogP contribution in [0.25, 0.3) is 11.0 Å². The average molecular weight is 309 g/mol. The summed E-state index contributed by atoms with van der Waals surface area (Å²) in [4.78, 5) is 23.2. The molecular weight excluding hydrogens is 296 g/mol. The Morgan fingerprint density at radius 2 is 1.87 bits per heavy atom. The maximum absolute atomic E-state index is 12.0. The second-order valence-corrected chi connectivity index (χ2v) is 5.06. The van der Waals surface area contributed by atoms with Crippen molar-refractivity contribution in [3.8, 4) is 5.75 Å². The summed E-state index contributed by atoms with van der Waals surface area (Å²) in [5, 5.41) is 11.6. The highest BCUT2D eigenvalue weighted by Crippen LogP contribution is 2.28. The lowest BCUT2D eigenvalue weighted by molar-refractivity contribution is -0.254. The van der Waals surface area contributed by atoms with Crippen LogP contribution in [0, 0.1) is 6.92 Å². The van der Waals surface area contributed by atoms with E-state index >= 15 is 0 Å². The molecule has 0 aliphatic heterocycles. The van der Waals surface area contributed by atoms with E-state index in [4.69, 9.17) is 9.15 Å². The Kier molecular flexibility index (Phi) is 3.85. The molecule has 0 unspecified atom stereocenters. The van der Waals surface area contributed by atoms with Gasteiger partial charge in [-0.1, -0.05) is 30.3 Å². The first-order chi connectivity index (χ1) is 11.1. The van der Waals surface area contributed by atoms with E-state index in [1.807, 2.05) is 6.07 Å². The van der Waals surface area contributed by atoms with Crippen molar-refractivity contribution in [2.45, 2.75) is 6.92 Å². The molecule has 5 nitrogen and oxygen atoms in total. The molecule has 3 rings (SSSR count). The summed E-state index contributed by atoms with van der Waals surface area (Å²) in [6.45, 7) is 1.43. The fourth-order valence-electron chi connectivity index (χ4n) is 2.40. The summed E-state index contributed by atoms with van der Waals surface area (Å²) in [5.41, 5.74) is 0.992. The predicted molar refractivity (Wildman–Crippen MR) is 81.5 cm³/mol. The Labute approximate surface area is 132 Å². The van der Waals surface area contributed by atoms with Gasteiger partial charge in [-0.2, -0.15) is 0 Å². The van der Waals surface area contributed by atoms with Crippen molar-refractivity contribution in [2.75, 3.05) is 6.61 Å². The first-order valence-corrected chi connectivity index (χ1v) is 7.02. The molecule has 1 aromatic heterocycles. The van der Waals surface area contributed by atoms with E-state index < -0.39 is 5.97 Å². The molecule has 0 aliphatic carbocycles. The van der Waals surface area contributed by atoms with Crippen LogP contribution in [0.3, 0.4) is 0 Å². The van der Waals surface area contributed by atoms with Gasteiger partial charge in [0, 0.05) is 16.5 Å². The quantitative estimate of drug-likeness (QED) is 0.676. The lowest BCUT2D eigenvalue weighted by atomic mass is 10.1. The van der Waals surface area contributed by atoms with Crippen molar-refractivity contribution >= 4 is 22.7 Å². The van der Waals surface area contributed by atoms with Crippen LogP contribution in [0.15, 0.2) is 52.9 Å². The van der Waals surface area contributed by atoms with E-state index in [9.17, 15) is 14.7 Å². The normalized spacial score (nSPS) is 10.7. The number of carboxylic acids is 1. The van der Waals surface area contributed by atoms with Gasteiger partial charge in [0.05, 0.1) is 5.97 Å². The number of fused-ring (bicyclic) bond motifs is 1. The van der Waals surface area contributed by atoms with Crippen molar-refractivity contribution in [1.82, 2.24) is 0 Å². The molecule has 0 saturated carbocycles. The predicted octanol–water partition coefficient (Wildman–Crippen LogP) is 2.37. The number of furan rings is 1. The maximum Gasteiger partial charge on any atom is 0.200 e. The Hall–Kier alpha value is -3.08. The van der Waals surface area contributed by atoms with E-state index in [0.29, 0.717) is 22.3 Å². The molecule has 0 atom stereocenters. The van der Waals surface area contributed by atoms with Crippen molar-refractivity contribution in [3.63, 3.8) is 0 Å². The molecule has 0 saturated heterocycles. The summed E-state index contributed by atoms with van der Waals surface area (Å²) in [6.07, 6.45) is 0. The van der Waals surface area contributed by atoms with Crippen LogP contribution in [-0.4, -0.2) is 18.4 Å². The average Bonchev–Trinajstić information content (AvgIpc) is 2.88. The van der Waals surface area contributed by atoms with Gasteiger partial charge >= 0.3 is 0 Å². The van der Waals surface area contributed by atoms with Gasteiger partial charge in [-0.15, -0.1) is 0 Å². The molecule has 0 N–H and O–H groups in total. The van der Waals surface area contributed by atoms with Crippen molar-refractivity contribution in [3.05, 3.63) is 65.4 Å². The number of carbonyl (C=O) groups is 2. The number of Topliss-reactive ketones (excluding diaryl/α,β-unsaturated/α-hetero) is 1. The van der Waals surface area contributed by atoms with Crippen LogP contribution in [0.4, 0.5) is 0 Å². The molecule has 0 bridgehead atoms. The van der Waals surface area contributed by atoms with E-state index in [-0.39, 0.29) is 23.7 Å². The summed E-state index contributed by atoms with van der Waals surface area (Å²) in [6, 6.07) is 13.6. The minimum absolute atomic E-state index is 0.000152. The number of carboxylic acid groups (broad SMARTS) is 1. The largest absolute Gasteiger partial charge is 0.545 e. The van der Waals surface area contributed by atoms with Gasteiger partial charge in [0.1, 0.15) is 17.1 Å². The molecular formula is C18H13O5-. The van der Waals surface area contributed by atoms with Crippen LogP contribution in [-0.2, 0) is 0 Å². The zero-order valence-electron chi connectivity index (χ0n) is 12.4. The number of aryl methyl sites for hydroxylation is 1. The highest BCUT2D eigenvalue weighted by Gasteiger charge is 2.13. The zero-order valence-corrected chi connectivity index (χ0v) is 12.4. The van der Waals surface area contributed by atoms with Crippen LogP contribution in [0.2, 0.25) is 0 Å². The van der Waals surface area contributed by atoms with Gasteiger partial charge in [0.2, 0.25) is 0 Å². The Balaban J connectivity index is 1.82. The van der Waals surface area contributed by atoms with E-state index in [1.165, 1.54) is 6.07 Å². The van der Waals surface area contributed by atoms with E-state index in [1.54, 1.807) is 43.3 Å². The van der Waals surface area contributed by atoms with Crippen LogP contribution in [0.5, 0.6) is 5.75 Å². The Morgan fingerprint density at radius 1 is 1.13 bits per heavy atom. The van der Waals surface area contributed by atoms with Crippen molar-refractivity contribution in [2.24, 2.45) is 0 Å². The molecule has 0 fully saturated rings. The second-order valence-electron chi connectivity index (χ2n) is 5.06. The van der Waals surface area contributed by atoms with Gasteiger partial charge < -0.3 is 19.1 Å². The minimum Gasteiger partial charge on any atom is -0.545 e. The number of rotatable bonds is 5. The molecule has 23 heavy (non-hydrogen) atoms. The summed E-state index contributed by atoms with van der Waals surface area (Å²) >= 11 is 0. The van der Waals surface area contributed by atoms with Crippen LogP contribution < -0.4 is 9.84 Å². The molecule has 0 aliphatic rings. The van der Waals surface area contributed by atoms with Gasteiger partial charge in [-0.25, -0.2) is 0 Å². The highest BCUT2D eigenvalue weighted by atomic mass is 16.5. The lowest BCUT2D eigenvalue weighted by Crippen LogP contribution is -2.22. The summed E-state index contributed by atoms with van der Waals surface area (Å²) < 4.78 is 10.8. The minimum atomic E-state index is -1.31. The molecule has 116 valence electrons. The van der Waals surface area contributed by atoms with Gasteiger partial charge in [-0.05, 0) is 25.1 Å². The van der Waals surface area contributed by atoms with Crippen LogP contribution in [0.1, 0.15) is 26.5 Å². The number of ether oxygens (including phenoxy) is 1. The van der Waals surface area contributed by atoms with Gasteiger partial charge in [-0.3, -0.25) is 4.79 Å². The first kappa shape index (κ1) is 14.8. The fourth-order valence-corrected chi connectivity index (χ4v) is 2.40. The zero-order chi connectivity index (χ0) is 16.4. The molecule has 1 heterocycles. The van der Waals surface area contributed by atoms with Crippen LogP contribution >= 0.6 is 0 Å². The monoisotopic (exact) mass is 309 g/mol. The number of ketones is 1. The SMILES string of the molecule is Cc1oc2ccc(OCC(=O)c3ccccc3)cc2c1C(=O)[O-]. The highest BCUT2D eigenvalue weighted by molar-refractivity contribution is 6.03. The lowest BCUT2D eigenvalue weighted by Gasteiger charge is -2.06. The Morgan fingerprint density at radius 3 is 2.57 bits per heavy atom. The van der Waals surface area contributed by atoms with Gasteiger partial charge in [0.25, 0.3) is 0 Å². The van der Waals surface area contributed by atoms with Crippen molar-refractivity contribution in [1.29, 1.82) is 0 Å². The third kappa shape index (κ3) is 2.94. The topological polar surface area (TPSA) is 79.6 Å². The molecule has 5 heteroatoms. The molecule has 0 radical (unpaired) electrons. The number of hydrogen-bond acceptors (Lipinski definition) is 5. The number of hydrogen-bond donors (Lipinski definition) is 0. The molecule has 0 spiro atoms. The number of benzene rings is 2. The summed E-state index contributed by atoms with van der Waals surface area (Å²) in [7, 11) is 0. The van der Waals surface area contributed by atoms with E-state index in [0.717, 1.165) is 0 Å². The summed E-state index contributed by atoms with van der Waals surface area (Å²) in [5.74, 6) is -0.796. The first-order valence-electron chi connectivity index (χ1n) is 7.02. The van der Waals surface area contributed by atoms with E-state index in [2.05, 4.69) is 0 Å². The molecule has 3 aromatic rings. The fraction of sp³-hybridized carbons (Fsp3) is 0.111. The molecule has 0 amide bonds. The standard InChI is InChI=1S/C18H14O5/c1-11-17(18(20)21)14-9-13(7-8-16(14)23-11)22-10-15(19)12-5-3-2-4-6-12/h2-9H,10H2,1H3,(H,20,21)/p-1. The number of carbonyl (C=O) groups excluding carboxylic acids is 2. The van der Waals surface area contributed by atoms with Crippen molar-refractivity contribution < 1.29 is 23.8 Å². The smallest absolute Gasteiger partial charge is 0.200 e. The number of aromatic carboxylic acids is 1. The third-order valence-corrected chi connectivity index (χ3v) is 3.51.